The number of amides is 2. The summed E-state index contributed by atoms with van der Waals surface area (Å²) in [5, 5.41) is 8.99. The van der Waals surface area contributed by atoms with E-state index < -0.39 is 0 Å². The summed E-state index contributed by atoms with van der Waals surface area (Å²) in [5.74, 6) is 0.653. The maximum absolute atomic E-state index is 12.9. The van der Waals surface area contributed by atoms with E-state index in [1.54, 1.807) is 14.4 Å². The lowest BCUT2D eigenvalue weighted by Gasteiger charge is -2.34. The highest BCUT2D eigenvalue weighted by molar-refractivity contribution is 7.71. The van der Waals surface area contributed by atoms with Gasteiger partial charge in [-0.05, 0) is 30.6 Å². The van der Waals surface area contributed by atoms with Crippen molar-refractivity contribution in [2.45, 2.75) is 13.5 Å². The topological polar surface area (TPSA) is 74.2 Å². The molecule has 3 heterocycles. The first kappa shape index (κ1) is 19.5. The van der Waals surface area contributed by atoms with Gasteiger partial charge in [-0.2, -0.15) is 5.10 Å². The smallest absolute Gasteiger partial charge is 0.264 e. The number of aryl methyl sites for hydroxylation is 1. The van der Waals surface area contributed by atoms with Crippen molar-refractivity contribution in [1.29, 1.82) is 0 Å². The third-order valence-corrected chi connectivity index (χ3v) is 6.18. The van der Waals surface area contributed by atoms with Crippen LogP contribution in [-0.4, -0.2) is 62.6 Å². The van der Waals surface area contributed by atoms with Crippen molar-refractivity contribution < 1.29 is 9.59 Å². The zero-order valence-electron chi connectivity index (χ0n) is 16.0. The van der Waals surface area contributed by atoms with E-state index in [0.29, 0.717) is 36.8 Å². The van der Waals surface area contributed by atoms with E-state index in [0.717, 1.165) is 16.0 Å². The first-order valence-corrected chi connectivity index (χ1v) is 10.6. The minimum absolute atomic E-state index is 0.0286. The van der Waals surface area contributed by atoms with Gasteiger partial charge in [0.15, 0.2) is 10.6 Å². The molecule has 150 valence electrons. The molecule has 0 bridgehead atoms. The minimum atomic E-state index is -0.0286. The Balaban J connectivity index is 1.42. The Bertz CT molecular complexity index is 1060. The lowest BCUT2D eigenvalue weighted by atomic mass is 10.1. The summed E-state index contributed by atoms with van der Waals surface area (Å²) in [6.07, 6.45) is 0. The Morgan fingerprint density at radius 1 is 1.10 bits per heavy atom. The van der Waals surface area contributed by atoms with E-state index in [2.05, 4.69) is 10.2 Å². The highest BCUT2D eigenvalue weighted by Crippen LogP contribution is 2.19. The first-order valence-electron chi connectivity index (χ1n) is 9.36. The number of carbonyl (C=O) groups excluding carboxylic acids is 2. The predicted octanol–water partition coefficient (Wildman–Crippen LogP) is 2.96. The SMILES string of the molecule is Cc1ccc(-c2n[nH]c(=S)n2CC(=O)N2CCN(C(=O)c3cccs3)CC2)cc1. The van der Waals surface area contributed by atoms with Crippen LogP contribution in [0.1, 0.15) is 15.2 Å². The molecule has 0 saturated carbocycles. The number of aromatic amines is 1. The number of nitrogens with one attached hydrogen (secondary N) is 1. The van der Waals surface area contributed by atoms with Crippen molar-refractivity contribution >= 4 is 35.4 Å². The fourth-order valence-corrected chi connectivity index (χ4v) is 4.23. The van der Waals surface area contributed by atoms with Crippen molar-refractivity contribution in [1.82, 2.24) is 24.6 Å². The van der Waals surface area contributed by atoms with Crippen LogP contribution in [0.5, 0.6) is 0 Å². The standard InChI is InChI=1S/C20H21N5O2S2/c1-14-4-6-15(7-5-14)18-21-22-20(28)25(18)13-17(26)23-8-10-24(11-9-23)19(27)16-3-2-12-29-16/h2-7,12H,8-11,13H2,1H3,(H,22,28). The zero-order valence-corrected chi connectivity index (χ0v) is 17.6. The van der Waals surface area contributed by atoms with Gasteiger partial charge in [0, 0.05) is 31.7 Å². The number of nitrogens with zero attached hydrogens (tertiary/aromatic N) is 4. The molecule has 9 heteroatoms. The molecule has 3 aromatic rings. The molecule has 2 amide bonds. The molecular formula is C20H21N5O2S2. The van der Waals surface area contributed by atoms with E-state index in [1.165, 1.54) is 11.3 Å². The highest BCUT2D eigenvalue weighted by atomic mass is 32.1. The predicted molar refractivity (Wildman–Crippen MR) is 114 cm³/mol. The number of rotatable bonds is 4. The lowest BCUT2D eigenvalue weighted by Crippen LogP contribution is -2.51. The van der Waals surface area contributed by atoms with Crippen LogP contribution in [0.2, 0.25) is 0 Å². The maximum Gasteiger partial charge on any atom is 0.264 e. The van der Waals surface area contributed by atoms with Crippen molar-refractivity contribution in [2.75, 3.05) is 26.2 Å². The number of hydrogen-bond donors (Lipinski definition) is 1. The van der Waals surface area contributed by atoms with Crippen LogP contribution in [0, 0.1) is 11.7 Å². The second-order valence-electron chi connectivity index (χ2n) is 6.95. The van der Waals surface area contributed by atoms with Gasteiger partial charge in [-0.15, -0.1) is 11.3 Å². The molecule has 0 spiro atoms. The highest BCUT2D eigenvalue weighted by Gasteiger charge is 2.26. The Kier molecular flexibility index (Phi) is 5.59. The van der Waals surface area contributed by atoms with Gasteiger partial charge in [0.05, 0.1) is 4.88 Å². The number of thiophene rings is 1. The Morgan fingerprint density at radius 3 is 2.45 bits per heavy atom. The summed E-state index contributed by atoms with van der Waals surface area (Å²) in [7, 11) is 0. The first-order chi connectivity index (χ1) is 14.0. The monoisotopic (exact) mass is 427 g/mol. The lowest BCUT2D eigenvalue weighted by molar-refractivity contribution is -0.133. The van der Waals surface area contributed by atoms with Crippen molar-refractivity contribution in [3.05, 3.63) is 57.0 Å². The van der Waals surface area contributed by atoms with Gasteiger partial charge in [0.1, 0.15) is 6.54 Å². The van der Waals surface area contributed by atoms with Gasteiger partial charge in [0.2, 0.25) is 5.91 Å². The van der Waals surface area contributed by atoms with Crippen LogP contribution in [0.15, 0.2) is 41.8 Å². The molecule has 0 radical (unpaired) electrons. The third kappa shape index (κ3) is 4.15. The molecule has 2 aromatic heterocycles. The summed E-state index contributed by atoms with van der Waals surface area (Å²) < 4.78 is 2.14. The van der Waals surface area contributed by atoms with Crippen LogP contribution < -0.4 is 0 Å². The number of H-pyrrole nitrogens is 1. The average molecular weight is 428 g/mol. The molecule has 1 fully saturated rings. The number of piperazine rings is 1. The zero-order chi connectivity index (χ0) is 20.4. The van der Waals surface area contributed by atoms with Gasteiger partial charge in [-0.3, -0.25) is 19.3 Å². The summed E-state index contributed by atoms with van der Waals surface area (Å²) in [4.78, 5) is 29.7. The minimum Gasteiger partial charge on any atom is -0.338 e. The normalized spacial score (nSPS) is 14.2. The van der Waals surface area contributed by atoms with Gasteiger partial charge in [-0.1, -0.05) is 35.9 Å². The molecule has 1 aromatic carbocycles. The van der Waals surface area contributed by atoms with Crippen LogP contribution in [-0.2, 0) is 11.3 Å². The maximum atomic E-state index is 12.9. The fourth-order valence-electron chi connectivity index (χ4n) is 3.34. The summed E-state index contributed by atoms with van der Waals surface area (Å²) in [5.41, 5.74) is 2.06. The molecular weight excluding hydrogens is 406 g/mol. The van der Waals surface area contributed by atoms with E-state index in [9.17, 15) is 9.59 Å². The average Bonchev–Trinajstić information content (AvgIpc) is 3.39. The van der Waals surface area contributed by atoms with Crippen LogP contribution >= 0.6 is 23.6 Å². The molecule has 4 rings (SSSR count). The quantitative estimate of drug-likeness (QED) is 0.650. The molecule has 7 nitrogen and oxygen atoms in total. The Hall–Kier alpha value is -2.78. The Labute approximate surface area is 177 Å². The van der Waals surface area contributed by atoms with E-state index in [-0.39, 0.29) is 18.4 Å². The molecule has 1 aliphatic rings. The number of benzene rings is 1. The second kappa shape index (κ2) is 8.30. The van der Waals surface area contributed by atoms with Crippen molar-refractivity contribution in [3.63, 3.8) is 0 Å². The molecule has 0 atom stereocenters. The summed E-state index contributed by atoms with van der Waals surface area (Å²) in [6, 6.07) is 11.6. The fraction of sp³-hybridized carbons (Fsp3) is 0.300. The molecule has 0 aliphatic carbocycles. The van der Waals surface area contributed by atoms with Crippen LogP contribution in [0.3, 0.4) is 0 Å². The van der Waals surface area contributed by atoms with Gasteiger partial charge < -0.3 is 9.80 Å². The number of aromatic nitrogens is 3. The molecule has 0 unspecified atom stereocenters. The molecule has 1 N–H and O–H groups in total. The second-order valence-corrected chi connectivity index (χ2v) is 8.29. The van der Waals surface area contributed by atoms with E-state index >= 15 is 0 Å². The third-order valence-electron chi connectivity index (χ3n) is 5.01. The molecule has 1 saturated heterocycles. The largest absolute Gasteiger partial charge is 0.338 e. The van der Waals surface area contributed by atoms with E-state index in [1.807, 2.05) is 48.7 Å². The van der Waals surface area contributed by atoms with Gasteiger partial charge in [-0.25, -0.2) is 0 Å². The van der Waals surface area contributed by atoms with E-state index in [4.69, 9.17) is 12.2 Å². The van der Waals surface area contributed by atoms with Gasteiger partial charge >= 0.3 is 0 Å². The molecule has 1 aliphatic heterocycles. The summed E-state index contributed by atoms with van der Waals surface area (Å²) in [6.45, 7) is 4.24. The summed E-state index contributed by atoms with van der Waals surface area (Å²) >= 11 is 6.78. The van der Waals surface area contributed by atoms with Crippen molar-refractivity contribution in [2.24, 2.45) is 0 Å². The number of carbonyl (C=O) groups is 2. The van der Waals surface area contributed by atoms with Crippen LogP contribution in [0.25, 0.3) is 11.4 Å². The molecule has 29 heavy (non-hydrogen) atoms. The van der Waals surface area contributed by atoms with Crippen molar-refractivity contribution in [3.8, 4) is 11.4 Å². The van der Waals surface area contributed by atoms with Gasteiger partial charge in [0.25, 0.3) is 5.91 Å². The van der Waals surface area contributed by atoms with Crippen LogP contribution in [0.4, 0.5) is 0 Å². The number of hydrogen-bond acceptors (Lipinski definition) is 5. The Morgan fingerprint density at radius 2 is 1.79 bits per heavy atom.